The second kappa shape index (κ2) is 7.64. The highest BCUT2D eigenvalue weighted by Gasteiger charge is 2.26. The van der Waals surface area contributed by atoms with Gasteiger partial charge in [-0.05, 0) is 44.0 Å². The van der Waals surface area contributed by atoms with Crippen LogP contribution in [0.25, 0.3) is 0 Å². The Morgan fingerprint density at radius 2 is 2.08 bits per heavy atom. The summed E-state index contributed by atoms with van der Waals surface area (Å²) in [7, 11) is 3.54. The van der Waals surface area contributed by atoms with E-state index in [1.165, 1.54) is 11.1 Å². The topological polar surface area (TPSA) is 50.0 Å². The van der Waals surface area contributed by atoms with Gasteiger partial charge in [0.25, 0.3) is 0 Å². The molecule has 1 unspecified atom stereocenters. The molecule has 1 atom stereocenters. The second-order valence-electron chi connectivity index (χ2n) is 6.54. The van der Waals surface area contributed by atoms with Crippen molar-refractivity contribution in [2.24, 2.45) is 4.99 Å². The molecule has 2 heterocycles. The Labute approximate surface area is 149 Å². The number of methoxy groups -OCH3 is 1. The van der Waals surface area contributed by atoms with E-state index in [0.717, 1.165) is 49.3 Å². The first-order chi connectivity index (χ1) is 12.1. The molecule has 3 rings (SSSR count). The number of nitrogens with zero attached hydrogens (tertiary/aromatic N) is 2. The molecule has 5 nitrogen and oxygen atoms in total. The van der Waals surface area contributed by atoms with Gasteiger partial charge in [0.2, 0.25) is 0 Å². The van der Waals surface area contributed by atoms with Crippen molar-refractivity contribution in [1.29, 1.82) is 0 Å². The first-order valence-corrected chi connectivity index (χ1v) is 8.76. The van der Waals surface area contributed by atoms with Crippen LogP contribution in [0.1, 0.15) is 35.0 Å². The van der Waals surface area contributed by atoms with Gasteiger partial charge < -0.3 is 19.4 Å². The van der Waals surface area contributed by atoms with E-state index in [-0.39, 0.29) is 0 Å². The lowest BCUT2D eigenvalue weighted by Gasteiger charge is -2.21. The molecule has 0 bridgehead atoms. The van der Waals surface area contributed by atoms with Crippen molar-refractivity contribution in [3.8, 4) is 5.75 Å². The number of rotatable bonds is 4. The summed E-state index contributed by atoms with van der Waals surface area (Å²) in [6.45, 7) is 6.71. The Morgan fingerprint density at radius 1 is 1.32 bits per heavy atom. The van der Waals surface area contributed by atoms with Gasteiger partial charge in [0.15, 0.2) is 5.96 Å². The Morgan fingerprint density at radius 3 is 2.68 bits per heavy atom. The molecule has 25 heavy (non-hydrogen) atoms. The minimum absolute atomic E-state index is 0.530. The van der Waals surface area contributed by atoms with E-state index < -0.39 is 0 Å². The van der Waals surface area contributed by atoms with Gasteiger partial charge in [-0.2, -0.15) is 0 Å². The van der Waals surface area contributed by atoms with Crippen molar-refractivity contribution < 1.29 is 9.15 Å². The summed E-state index contributed by atoms with van der Waals surface area (Å²) in [6.07, 6.45) is 1.14. The number of hydrogen-bond donors (Lipinski definition) is 1. The molecular formula is C20H27N3O2. The third-order valence-electron chi connectivity index (χ3n) is 4.87. The lowest BCUT2D eigenvalue weighted by molar-refractivity contribution is 0.414. The van der Waals surface area contributed by atoms with Crippen molar-refractivity contribution in [2.45, 2.75) is 32.7 Å². The van der Waals surface area contributed by atoms with Crippen molar-refractivity contribution in [1.82, 2.24) is 10.2 Å². The molecule has 1 fully saturated rings. The maximum Gasteiger partial charge on any atom is 0.193 e. The van der Waals surface area contributed by atoms with Gasteiger partial charge in [0.1, 0.15) is 17.3 Å². The fourth-order valence-corrected chi connectivity index (χ4v) is 3.47. The average molecular weight is 341 g/mol. The quantitative estimate of drug-likeness (QED) is 0.683. The number of aliphatic imine (C=N–C) groups is 1. The molecule has 0 aliphatic carbocycles. The highest BCUT2D eigenvalue weighted by Crippen LogP contribution is 2.28. The molecule has 0 saturated carbocycles. The summed E-state index contributed by atoms with van der Waals surface area (Å²) >= 11 is 0. The molecule has 1 aromatic carbocycles. The maximum absolute atomic E-state index is 5.60. The summed E-state index contributed by atoms with van der Waals surface area (Å²) in [5.74, 6) is 4.31. The molecule has 2 aromatic rings. The normalized spacial score (nSPS) is 17.8. The fraction of sp³-hybridized carbons (Fsp3) is 0.450. The summed E-state index contributed by atoms with van der Waals surface area (Å²) in [5, 5.41) is 3.47. The molecule has 0 amide bonds. The molecule has 134 valence electrons. The monoisotopic (exact) mass is 341 g/mol. The highest BCUT2D eigenvalue weighted by atomic mass is 16.5. The second-order valence-corrected chi connectivity index (χ2v) is 6.54. The maximum atomic E-state index is 5.60. The van der Waals surface area contributed by atoms with Crippen molar-refractivity contribution in [3.63, 3.8) is 0 Å². The van der Waals surface area contributed by atoms with Crippen LogP contribution in [0.5, 0.6) is 5.75 Å². The van der Waals surface area contributed by atoms with Crippen LogP contribution in [0, 0.1) is 13.8 Å². The number of ether oxygens (including phenoxy) is 1. The van der Waals surface area contributed by atoms with E-state index in [9.17, 15) is 0 Å². The minimum atomic E-state index is 0.530. The van der Waals surface area contributed by atoms with E-state index >= 15 is 0 Å². The van der Waals surface area contributed by atoms with Gasteiger partial charge in [-0.3, -0.25) is 4.99 Å². The number of hydrogen-bond acceptors (Lipinski definition) is 3. The molecule has 0 radical (unpaired) electrons. The van der Waals surface area contributed by atoms with Crippen molar-refractivity contribution >= 4 is 5.96 Å². The number of aryl methyl sites for hydroxylation is 2. The molecule has 1 saturated heterocycles. The van der Waals surface area contributed by atoms with E-state index in [4.69, 9.17) is 9.15 Å². The summed E-state index contributed by atoms with van der Waals surface area (Å²) in [4.78, 5) is 6.79. The zero-order valence-corrected chi connectivity index (χ0v) is 15.5. The lowest BCUT2D eigenvalue weighted by Crippen LogP contribution is -2.39. The Kier molecular flexibility index (Phi) is 5.31. The van der Waals surface area contributed by atoms with Crippen LogP contribution < -0.4 is 10.1 Å². The number of guanidine groups is 1. The van der Waals surface area contributed by atoms with Gasteiger partial charge in [-0.15, -0.1) is 0 Å². The molecule has 1 aromatic heterocycles. The molecule has 1 aliphatic heterocycles. The SMILES string of the molecule is CN=C(NCc1cc(C)oc1C)N1CCC(c2ccc(OC)cc2)C1. The van der Waals surface area contributed by atoms with Gasteiger partial charge in [-0.25, -0.2) is 0 Å². The number of benzene rings is 1. The van der Waals surface area contributed by atoms with E-state index in [1.54, 1.807) is 7.11 Å². The largest absolute Gasteiger partial charge is 0.497 e. The summed E-state index contributed by atoms with van der Waals surface area (Å²) in [6, 6.07) is 10.5. The van der Waals surface area contributed by atoms with E-state index in [2.05, 4.69) is 33.4 Å². The van der Waals surface area contributed by atoms with Crippen LogP contribution in [0.15, 0.2) is 39.7 Å². The Balaban J connectivity index is 1.60. The van der Waals surface area contributed by atoms with Gasteiger partial charge in [-0.1, -0.05) is 12.1 Å². The standard InChI is InChI=1S/C20H27N3O2/c1-14-11-18(15(2)25-14)12-22-20(21-3)23-10-9-17(13-23)16-5-7-19(24-4)8-6-16/h5-8,11,17H,9-10,12-13H2,1-4H3,(H,21,22). The third kappa shape index (κ3) is 3.98. The number of likely N-dealkylation sites (tertiary alicyclic amines) is 1. The lowest BCUT2D eigenvalue weighted by atomic mass is 9.98. The van der Waals surface area contributed by atoms with Crippen LogP contribution in [0.2, 0.25) is 0 Å². The average Bonchev–Trinajstić information content (AvgIpc) is 3.22. The van der Waals surface area contributed by atoms with E-state index in [1.807, 2.05) is 33.0 Å². The van der Waals surface area contributed by atoms with Gasteiger partial charge in [0, 0.05) is 38.2 Å². The van der Waals surface area contributed by atoms with Crippen LogP contribution in [-0.4, -0.2) is 38.1 Å². The van der Waals surface area contributed by atoms with Crippen molar-refractivity contribution in [2.75, 3.05) is 27.2 Å². The molecule has 1 aliphatic rings. The zero-order valence-electron chi connectivity index (χ0n) is 15.5. The summed E-state index contributed by atoms with van der Waals surface area (Å²) in [5.41, 5.74) is 2.55. The smallest absolute Gasteiger partial charge is 0.193 e. The van der Waals surface area contributed by atoms with Gasteiger partial charge in [0.05, 0.1) is 7.11 Å². The first kappa shape index (κ1) is 17.4. The molecule has 1 N–H and O–H groups in total. The Bertz CT molecular complexity index is 734. The highest BCUT2D eigenvalue weighted by molar-refractivity contribution is 5.80. The van der Waals surface area contributed by atoms with E-state index in [0.29, 0.717) is 5.92 Å². The number of furan rings is 1. The summed E-state index contributed by atoms with van der Waals surface area (Å²) < 4.78 is 10.8. The molecule has 0 spiro atoms. The number of nitrogens with one attached hydrogen (secondary N) is 1. The van der Waals surface area contributed by atoms with Gasteiger partial charge >= 0.3 is 0 Å². The molecular weight excluding hydrogens is 314 g/mol. The predicted molar refractivity (Wildman–Crippen MR) is 100 cm³/mol. The first-order valence-electron chi connectivity index (χ1n) is 8.76. The Hall–Kier alpha value is -2.43. The van der Waals surface area contributed by atoms with Crippen LogP contribution in [-0.2, 0) is 6.54 Å². The molecule has 5 heteroatoms. The van der Waals surface area contributed by atoms with Crippen LogP contribution >= 0.6 is 0 Å². The van der Waals surface area contributed by atoms with Crippen LogP contribution in [0.4, 0.5) is 0 Å². The third-order valence-corrected chi connectivity index (χ3v) is 4.87. The van der Waals surface area contributed by atoms with Crippen LogP contribution in [0.3, 0.4) is 0 Å². The zero-order chi connectivity index (χ0) is 17.8. The fourth-order valence-electron chi connectivity index (χ4n) is 3.47. The van der Waals surface area contributed by atoms with Crippen molar-refractivity contribution in [3.05, 3.63) is 53.0 Å². The minimum Gasteiger partial charge on any atom is -0.497 e. The predicted octanol–water partition coefficient (Wildman–Crippen LogP) is 3.47.